The summed E-state index contributed by atoms with van der Waals surface area (Å²) in [6, 6.07) is 14.3. The molecule has 4 aromatic rings. The first-order chi connectivity index (χ1) is 14.9. The number of methoxy groups -OCH3 is 1. The van der Waals surface area contributed by atoms with Crippen LogP contribution >= 0.6 is 11.6 Å². The number of carbonyl (C=O) groups is 1. The number of halogens is 1. The molecule has 1 atom stereocenters. The van der Waals surface area contributed by atoms with E-state index < -0.39 is 5.97 Å². The number of H-pyrrole nitrogens is 1. The lowest BCUT2D eigenvalue weighted by molar-refractivity contribution is 0.0366. The fraction of sp³-hybridized carbons (Fsp3) is 0.280. The summed E-state index contributed by atoms with van der Waals surface area (Å²) >= 11 is 6.05. The lowest BCUT2D eigenvalue weighted by atomic mass is 9.92. The Hall–Kier alpha value is -2.89. The lowest BCUT2D eigenvalue weighted by Gasteiger charge is -2.14. The van der Waals surface area contributed by atoms with Crippen LogP contribution in [0.1, 0.15) is 53.9 Å². The predicted octanol–water partition coefficient (Wildman–Crippen LogP) is 6.23. The topological polar surface area (TPSA) is 64.2 Å². The van der Waals surface area contributed by atoms with E-state index in [2.05, 4.69) is 35.1 Å². The number of benzene rings is 2. The largest absolute Gasteiger partial charge is 0.458 e. The van der Waals surface area contributed by atoms with Gasteiger partial charge in [0.25, 0.3) is 0 Å². The van der Waals surface area contributed by atoms with Crippen molar-refractivity contribution in [3.05, 3.63) is 76.1 Å². The van der Waals surface area contributed by atoms with E-state index >= 15 is 0 Å². The molecule has 2 aromatic heterocycles. The number of ether oxygens (including phenoxy) is 2. The Morgan fingerprint density at radius 1 is 1.06 bits per heavy atom. The smallest absolute Gasteiger partial charge is 0.357 e. The van der Waals surface area contributed by atoms with Crippen LogP contribution in [0.25, 0.3) is 21.8 Å². The third-order valence-electron chi connectivity index (χ3n) is 5.46. The van der Waals surface area contributed by atoms with Gasteiger partial charge in [0.05, 0.1) is 24.4 Å². The highest BCUT2D eigenvalue weighted by Crippen LogP contribution is 2.34. The Labute approximate surface area is 186 Å². The van der Waals surface area contributed by atoms with Gasteiger partial charge in [0, 0.05) is 39.9 Å². The van der Waals surface area contributed by atoms with Gasteiger partial charge in [0.2, 0.25) is 0 Å². The highest BCUT2D eigenvalue weighted by atomic mass is 35.5. The molecule has 1 N–H and O–H groups in total. The van der Waals surface area contributed by atoms with Gasteiger partial charge in [-0.05, 0) is 49.2 Å². The average molecular weight is 437 g/mol. The second-order valence-corrected chi connectivity index (χ2v) is 8.40. The van der Waals surface area contributed by atoms with Crippen molar-refractivity contribution in [1.29, 1.82) is 0 Å². The average Bonchev–Trinajstić information content (AvgIpc) is 3.11. The van der Waals surface area contributed by atoms with Gasteiger partial charge in [-0.15, -0.1) is 0 Å². The van der Waals surface area contributed by atoms with Gasteiger partial charge >= 0.3 is 5.97 Å². The van der Waals surface area contributed by atoms with Gasteiger partial charge in [-0.3, -0.25) is 0 Å². The first kappa shape index (κ1) is 21.3. The zero-order valence-corrected chi connectivity index (χ0v) is 18.8. The van der Waals surface area contributed by atoms with Gasteiger partial charge in [0.1, 0.15) is 0 Å². The maximum Gasteiger partial charge on any atom is 0.357 e. The number of rotatable bonds is 6. The van der Waals surface area contributed by atoms with E-state index in [9.17, 15) is 4.79 Å². The molecule has 0 radical (unpaired) electrons. The predicted molar refractivity (Wildman–Crippen MR) is 124 cm³/mol. The van der Waals surface area contributed by atoms with Crippen molar-refractivity contribution in [3.8, 4) is 0 Å². The minimum atomic E-state index is -0.441. The zero-order chi connectivity index (χ0) is 22.1. The number of esters is 1. The van der Waals surface area contributed by atoms with Gasteiger partial charge < -0.3 is 14.5 Å². The van der Waals surface area contributed by atoms with Crippen LogP contribution in [0.4, 0.5) is 0 Å². The third-order valence-corrected chi connectivity index (χ3v) is 5.71. The van der Waals surface area contributed by atoms with Crippen LogP contribution in [0.2, 0.25) is 5.02 Å². The Bertz CT molecular complexity index is 1250. The fourth-order valence-electron chi connectivity index (χ4n) is 3.92. The maximum atomic E-state index is 12.7. The van der Waals surface area contributed by atoms with Crippen molar-refractivity contribution in [2.45, 2.75) is 39.4 Å². The molecule has 0 spiro atoms. The molecule has 1 unspecified atom stereocenters. The Balaban J connectivity index is 1.88. The lowest BCUT2D eigenvalue weighted by Crippen LogP contribution is -2.15. The molecule has 31 heavy (non-hydrogen) atoms. The van der Waals surface area contributed by atoms with Crippen molar-refractivity contribution in [1.82, 2.24) is 9.97 Å². The van der Waals surface area contributed by atoms with Crippen molar-refractivity contribution in [2.75, 3.05) is 7.11 Å². The third kappa shape index (κ3) is 4.16. The second-order valence-electron chi connectivity index (χ2n) is 7.96. The van der Waals surface area contributed by atoms with Crippen LogP contribution in [0.15, 0.2) is 48.7 Å². The highest BCUT2D eigenvalue weighted by Gasteiger charge is 2.22. The number of aromatic amines is 1. The van der Waals surface area contributed by atoms with Crippen LogP contribution in [-0.4, -0.2) is 29.2 Å². The Morgan fingerprint density at radius 2 is 1.77 bits per heavy atom. The SMILES string of the molecule is COCc1c(C(=O)OC(C)C)ncc2[nH]c3ccc(C(C)c4ccc(Cl)cc4)cc3c12. The van der Waals surface area contributed by atoms with Crippen molar-refractivity contribution in [2.24, 2.45) is 0 Å². The number of hydrogen-bond acceptors (Lipinski definition) is 4. The summed E-state index contributed by atoms with van der Waals surface area (Å²) < 4.78 is 10.8. The van der Waals surface area contributed by atoms with Gasteiger partial charge in [-0.2, -0.15) is 0 Å². The molecular weight excluding hydrogens is 412 g/mol. The first-order valence-electron chi connectivity index (χ1n) is 10.3. The molecular formula is C25H25ClN2O3. The number of nitrogens with zero attached hydrogens (tertiary/aromatic N) is 1. The molecule has 0 amide bonds. The van der Waals surface area contributed by atoms with E-state index in [0.717, 1.165) is 32.4 Å². The maximum absolute atomic E-state index is 12.7. The molecule has 6 heteroatoms. The van der Waals surface area contributed by atoms with Crippen LogP contribution in [0.3, 0.4) is 0 Å². The number of carbonyl (C=O) groups excluding carboxylic acids is 1. The van der Waals surface area contributed by atoms with Crippen molar-refractivity contribution in [3.63, 3.8) is 0 Å². The Kier molecular flexibility index (Phi) is 5.99. The highest BCUT2D eigenvalue weighted by molar-refractivity contribution is 6.30. The molecule has 0 saturated carbocycles. The number of aromatic nitrogens is 2. The van der Waals surface area contributed by atoms with Gasteiger partial charge in [-0.25, -0.2) is 9.78 Å². The van der Waals surface area contributed by atoms with E-state index in [-0.39, 0.29) is 18.6 Å². The van der Waals surface area contributed by atoms with Gasteiger partial charge in [-0.1, -0.05) is 36.7 Å². The molecule has 0 aliphatic carbocycles. The molecule has 4 rings (SSSR count). The first-order valence-corrected chi connectivity index (χ1v) is 10.7. The molecule has 0 bridgehead atoms. The molecule has 0 saturated heterocycles. The van der Waals surface area contributed by atoms with Crippen LogP contribution in [-0.2, 0) is 16.1 Å². The quantitative estimate of drug-likeness (QED) is 0.364. The van der Waals surface area contributed by atoms with E-state index in [1.54, 1.807) is 13.3 Å². The summed E-state index contributed by atoms with van der Waals surface area (Å²) in [5.74, 6) is -0.256. The number of nitrogens with one attached hydrogen (secondary N) is 1. The van der Waals surface area contributed by atoms with E-state index in [0.29, 0.717) is 5.69 Å². The minimum absolute atomic E-state index is 0.185. The molecule has 2 heterocycles. The van der Waals surface area contributed by atoms with Crippen molar-refractivity contribution >= 4 is 39.4 Å². The molecule has 5 nitrogen and oxygen atoms in total. The normalized spacial score (nSPS) is 12.6. The summed E-state index contributed by atoms with van der Waals surface area (Å²) in [6.07, 6.45) is 1.46. The van der Waals surface area contributed by atoms with Crippen LogP contribution in [0, 0.1) is 0 Å². The monoisotopic (exact) mass is 436 g/mol. The summed E-state index contributed by atoms with van der Waals surface area (Å²) in [4.78, 5) is 20.5. The standard InChI is InChI=1S/C25H25ClN2O3/c1-14(2)31-25(29)24-20(13-30-4)23-19-11-17(7-10-21(19)28-22(23)12-27-24)15(3)16-5-8-18(26)9-6-16/h5-12,14-15,28H,13H2,1-4H3. The molecule has 2 aromatic carbocycles. The van der Waals surface area contributed by atoms with Gasteiger partial charge in [0.15, 0.2) is 5.69 Å². The molecule has 0 fully saturated rings. The van der Waals surface area contributed by atoms with E-state index in [1.807, 2.05) is 38.1 Å². The fourth-order valence-corrected chi connectivity index (χ4v) is 4.05. The number of hydrogen-bond donors (Lipinski definition) is 1. The molecule has 160 valence electrons. The minimum Gasteiger partial charge on any atom is -0.458 e. The van der Waals surface area contributed by atoms with E-state index in [4.69, 9.17) is 21.1 Å². The van der Waals surface area contributed by atoms with Crippen molar-refractivity contribution < 1.29 is 14.3 Å². The zero-order valence-electron chi connectivity index (χ0n) is 18.0. The number of pyridine rings is 1. The molecule has 0 aliphatic rings. The summed E-state index contributed by atoms with van der Waals surface area (Å²) in [7, 11) is 1.61. The van der Waals surface area contributed by atoms with Crippen LogP contribution < -0.4 is 0 Å². The number of fused-ring (bicyclic) bond motifs is 3. The summed E-state index contributed by atoms with van der Waals surface area (Å²) in [5.41, 5.74) is 5.22. The second kappa shape index (κ2) is 8.69. The Morgan fingerprint density at radius 3 is 2.45 bits per heavy atom. The summed E-state index contributed by atoms with van der Waals surface area (Å²) in [6.45, 7) is 6.07. The molecule has 0 aliphatic heterocycles. The van der Waals surface area contributed by atoms with E-state index in [1.165, 1.54) is 11.1 Å². The summed E-state index contributed by atoms with van der Waals surface area (Å²) in [5, 5.41) is 2.69. The van der Waals surface area contributed by atoms with Crippen LogP contribution in [0.5, 0.6) is 0 Å².